The molecule has 150 valence electrons. The Labute approximate surface area is 167 Å². The molecule has 2 unspecified atom stereocenters. The number of fused-ring (bicyclic) bond motifs is 5. The van der Waals surface area contributed by atoms with Gasteiger partial charge in [-0.25, -0.2) is 0 Å². The molecule has 0 spiro atoms. The highest BCUT2D eigenvalue weighted by atomic mass is 16.8. The van der Waals surface area contributed by atoms with Gasteiger partial charge in [-0.05, 0) is 23.6 Å². The molecule has 2 aromatic rings. The van der Waals surface area contributed by atoms with Crippen molar-refractivity contribution in [3.63, 3.8) is 0 Å². The molecule has 0 saturated heterocycles. The highest BCUT2D eigenvalue weighted by molar-refractivity contribution is 6.14. The second-order valence-corrected chi connectivity index (χ2v) is 7.60. The number of nitrogens with two attached hydrogens (primary N) is 1. The van der Waals surface area contributed by atoms with Crippen LogP contribution < -0.4 is 10.5 Å². The maximum atomic E-state index is 13.7. The third-order valence-corrected chi connectivity index (χ3v) is 5.35. The number of benzene rings is 2. The minimum atomic E-state index is -2.01. The molecule has 0 aromatic heterocycles. The summed E-state index contributed by atoms with van der Waals surface area (Å²) in [6.07, 6.45) is 0. The van der Waals surface area contributed by atoms with Gasteiger partial charge in [0.05, 0.1) is 16.7 Å². The van der Waals surface area contributed by atoms with Crippen molar-refractivity contribution in [2.45, 2.75) is 45.0 Å². The van der Waals surface area contributed by atoms with Crippen LogP contribution in [0.5, 0.6) is 5.75 Å². The highest BCUT2D eigenvalue weighted by Crippen LogP contribution is 2.63. The maximum absolute atomic E-state index is 13.7. The summed E-state index contributed by atoms with van der Waals surface area (Å²) in [5, 5.41) is 0. The number of hydrogen-bond acceptors (Lipinski definition) is 7. The molecule has 0 bridgehead atoms. The minimum absolute atomic E-state index is 0.119. The summed E-state index contributed by atoms with van der Waals surface area (Å²) in [5.74, 6) is -3.47. The fourth-order valence-electron chi connectivity index (χ4n) is 4.20. The Bertz CT molecular complexity index is 1070. The van der Waals surface area contributed by atoms with Crippen LogP contribution in [0.2, 0.25) is 0 Å². The largest absolute Gasteiger partial charge is 0.444 e. The molecule has 0 fully saturated rings. The van der Waals surface area contributed by atoms with Crippen molar-refractivity contribution in [3.05, 3.63) is 58.7 Å². The topological polar surface area (TPSA) is 105 Å². The molecule has 7 heteroatoms. The molecule has 1 aliphatic heterocycles. The number of carbonyl (C=O) groups excluding carboxylic acids is 3. The number of ether oxygens (including phenoxy) is 3. The van der Waals surface area contributed by atoms with Gasteiger partial charge in [0.1, 0.15) is 5.75 Å². The van der Waals surface area contributed by atoms with Gasteiger partial charge in [0.25, 0.3) is 5.60 Å². The first-order valence-electron chi connectivity index (χ1n) is 9.30. The summed E-state index contributed by atoms with van der Waals surface area (Å²) in [6, 6.07) is 10.1. The van der Waals surface area contributed by atoms with Crippen molar-refractivity contribution >= 4 is 23.4 Å². The van der Waals surface area contributed by atoms with E-state index in [0.29, 0.717) is 11.3 Å². The normalized spacial score (nSPS) is 23.8. The molecule has 2 N–H and O–H groups in total. The van der Waals surface area contributed by atoms with E-state index in [2.05, 4.69) is 0 Å². The van der Waals surface area contributed by atoms with E-state index in [0.717, 1.165) is 5.56 Å². The monoisotopic (exact) mass is 395 g/mol. The van der Waals surface area contributed by atoms with Gasteiger partial charge in [-0.1, -0.05) is 38.1 Å². The number of hydrogen-bond donors (Lipinski definition) is 1. The van der Waals surface area contributed by atoms with Crippen molar-refractivity contribution in [2.75, 3.05) is 5.73 Å². The fraction of sp³-hybridized carbons (Fsp3) is 0.318. The quantitative estimate of drug-likeness (QED) is 0.629. The van der Waals surface area contributed by atoms with Crippen molar-refractivity contribution in [1.82, 2.24) is 0 Å². The summed E-state index contributed by atoms with van der Waals surface area (Å²) >= 11 is 0. The van der Waals surface area contributed by atoms with Crippen LogP contribution in [0.1, 0.15) is 60.7 Å². The lowest BCUT2D eigenvalue weighted by atomic mass is 9.85. The van der Waals surface area contributed by atoms with Crippen LogP contribution in [0.3, 0.4) is 0 Å². The zero-order chi connectivity index (χ0) is 21.1. The summed E-state index contributed by atoms with van der Waals surface area (Å²) in [6.45, 7) is 6.42. The van der Waals surface area contributed by atoms with E-state index < -0.39 is 29.1 Å². The standard InChI is InChI=1S/C22H21NO6/c1-11(2)14-8-9-15-18(10-14)29-22(28-13(4)25)16-6-5-7-17(23)19(16)20(26)21(15,22)27-12(3)24/h5-11H,23H2,1-4H3. The van der Waals surface area contributed by atoms with Gasteiger partial charge >= 0.3 is 17.7 Å². The number of Topliss-reactive ketones (excluding diaryl/α,β-unsaturated/α-hetero) is 1. The number of nitrogen functional groups attached to an aromatic ring is 1. The predicted octanol–water partition coefficient (Wildman–Crippen LogP) is 3.16. The Morgan fingerprint density at radius 2 is 1.72 bits per heavy atom. The van der Waals surface area contributed by atoms with Gasteiger partial charge in [0.15, 0.2) is 0 Å². The second-order valence-electron chi connectivity index (χ2n) is 7.60. The SMILES string of the molecule is CC(=O)OC12Oc3cc(C(C)C)ccc3C1(OC(C)=O)C(=O)c1c(N)cccc12. The molecule has 2 aromatic carbocycles. The second kappa shape index (κ2) is 6.07. The van der Waals surface area contributed by atoms with E-state index in [1.54, 1.807) is 30.3 Å². The van der Waals surface area contributed by atoms with Crippen LogP contribution in [0.4, 0.5) is 5.69 Å². The smallest absolute Gasteiger partial charge is 0.334 e. The molecule has 2 aliphatic rings. The van der Waals surface area contributed by atoms with Crippen LogP contribution in [-0.4, -0.2) is 17.7 Å². The van der Waals surface area contributed by atoms with E-state index >= 15 is 0 Å². The molecule has 0 amide bonds. The average molecular weight is 395 g/mol. The zero-order valence-corrected chi connectivity index (χ0v) is 16.6. The van der Waals surface area contributed by atoms with Crippen molar-refractivity contribution in [2.24, 2.45) is 0 Å². The summed E-state index contributed by atoms with van der Waals surface area (Å²) in [7, 11) is 0. The van der Waals surface area contributed by atoms with Crippen LogP contribution >= 0.6 is 0 Å². The summed E-state index contributed by atoms with van der Waals surface area (Å²) in [5.41, 5.74) is 5.90. The van der Waals surface area contributed by atoms with Gasteiger partial charge in [0.2, 0.25) is 5.78 Å². The summed E-state index contributed by atoms with van der Waals surface area (Å²) < 4.78 is 17.5. The van der Waals surface area contributed by atoms with E-state index in [1.807, 2.05) is 19.9 Å². The number of anilines is 1. The maximum Gasteiger partial charge on any atom is 0.334 e. The Hall–Kier alpha value is -3.35. The molecule has 29 heavy (non-hydrogen) atoms. The third kappa shape index (κ3) is 2.33. The van der Waals surface area contributed by atoms with E-state index in [1.165, 1.54) is 13.8 Å². The number of rotatable bonds is 3. The molecule has 1 heterocycles. The first kappa shape index (κ1) is 19.0. The average Bonchev–Trinajstić information content (AvgIpc) is 2.99. The lowest BCUT2D eigenvalue weighted by molar-refractivity contribution is -0.254. The first-order chi connectivity index (χ1) is 13.6. The molecule has 1 aliphatic carbocycles. The van der Waals surface area contributed by atoms with Gasteiger partial charge < -0.3 is 19.9 Å². The molecule has 4 rings (SSSR count). The van der Waals surface area contributed by atoms with Crippen LogP contribution in [0.15, 0.2) is 36.4 Å². The Balaban J connectivity index is 2.08. The van der Waals surface area contributed by atoms with Gasteiger partial charge in [-0.2, -0.15) is 0 Å². The van der Waals surface area contributed by atoms with Gasteiger partial charge in [-0.3, -0.25) is 14.4 Å². The fourth-order valence-corrected chi connectivity index (χ4v) is 4.20. The van der Waals surface area contributed by atoms with Crippen LogP contribution in [0, 0.1) is 0 Å². The van der Waals surface area contributed by atoms with E-state index in [4.69, 9.17) is 19.9 Å². The van der Waals surface area contributed by atoms with Crippen molar-refractivity contribution < 1.29 is 28.6 Å². The first-order valence-corrected chi connectivity index (χ1v) is 9.30. The van der Waals surface area contributed by atoms with Gasteiger partial charge in [-0.15, -0.1) is 0 Å². The lowest BCUT2D eigenvalue weighted by Gasteiger charge is -2.35. The third-order valence-electron chi connectivity index (χ3n) is 5.35. The molecular formula is C22H21NO6. The van der Waals surface area contributed by atoms with Crippen LogP contribution in [-0.2, 0) is 30.5 Å². The van der Waals surface area contributed by atoms with Crippen molar-refractivity contribution in [3.8, 4) is 5.75 Å². The minimum Gasteiger partial charge on any atom is -0.444 e. The number of carbonyl (C=O) groups is 3. The predicted molar refractivity (Wildman–Crippen MR) is 103 cm³/mol. The zero-order valence-electron chi connectivity index (χ0n) is 16.6. The van der Waals surface area contributed by atoms with Crippen molar-refractivity contribution in [1.29, 1.82) is 0 Å². The van der Waals surface area contributed by atoms with Crippen LogP contribution in [0.25, 0.3) is 0 Å². The number of esters is 2. The van der Waals surface area contributed by atoms with Gasteiger partial charge in [0, 0.05) is 19.5 Å². The molecule has 0 saturated carbocycles. The lowest BCUT2D eigenvalue weighted by Crippen LogP contribution is -2.53. The molecule has 2 atom stereocenters. The Morgan fingerprint density at radius 1 is 1.03 bits per heavy atom. The van der Waals surface area contributed by atoms with E-state index in [9.17, 15) is 14.4 Å². The molecule has 7 nitrogen and oxygen atoms in total. The highest BCUT2D eigenvalue weighted by Gasteiger charge is 2.77. The Morgan fingerprint density at radius 3 is 2.34 bits per heavy atom. The summed E-state index contributed by atoms with van der Waals surface area (Å²) in [4.78, 5) is 37.9. The number of ketones is 1. The molecule has 0 radical (unpaired) electrons. The Kier molecular flexibility index (Phi) is 3.98. The van der Waals surface area contributed by atoms with E-state index in [-0.39, 0.29) is 22.7 Å². The molecular weight excluding hydrogens is 374 g/mol.